The number of benzene rings is 1. The van der Waals surface area contributed by atoms with Gasteiger partial charge in [0.25, 0.3) is 0 Å². The summed E-state index contributed by atoms with van der Waals surface area (Å²) >= 11 is 0. The molecule has 2 fully saturated rings. The first-order valence-electron chi connectivity index (χ1n) is 13.4. The summed E-state index contributed by atoms with van der Waals surface area (Å²) in [7, 11) is 1.64. The SMILES string of the molecule is COc1cccc(CCNC(=O)CC2CN(C(=O)C3CCOC3)CCN2c2cc(C)nc(-n3ccnc3)n2)c1. The molecule has 0 bridgehead atoms. The van der Waals surface area contributed by atoms with Crippen LogP contribution in [0.1, 0.15) is 24.1 Å². The van der Waals surface area contributed by atoms with Gasteiger partial charge in [0.05, 0.1) is 25.7 Å². The number of piperazine rings is 1. The first kappa shape index (κ1) is 26.6. The number of nitrogens with one attached hydrogen (secondary N) is 1. The van der Waals surface area contributed by atoms with Gasteiger partial charge in [0.2, 0.25) is 17.8 Å². The number of hydrogen-bond acceptors (Lipinski definition) is 8. The Morgan fingerprint density at radius 1 is 1.21 bits per heavy atom. The van der Waals surface area contributed by atoms with Gasteiger partial charge < -0.3 is 24.6 Å². The molecule has 206 valence electrons. The van der Waals surface area contributed by atoms with Crippen molar-refractivity contribution in [1.29, 1.82) is 0 Å². The van der Waals surface area contributed by atoms with Gasteiger partial charge in [-0.05, 0) is 37.5 Å². The highest BCUT2D eigenvalue weighted by atomic mass is 16.5. The van der Waals surface area contributed by atoms with Crippen LogP contribution in [0.25, 0.3) is 5.95 Å². The lowest BCUT2D eigenvalue weighted by molar-refractivity contribution is -0.137. The molecule has 5 rings (SSSR count). The van der Waals surface area contributed by atoms with Gasteiger partial charge in [0, 0.05) is 63.4 Å². The van der Waals surface area contributed by atoms with E-state index < -0.39 is 0 Å². The van der Waals surface area contributed by atoms with Gasteiger partial charge >= 0.3 is 0 Å². The summed E-state index contributed by atoms with van der Waals surface area (Å²) in [6, 6.07) is 9.53. The predicted molar refractivity (Wildman–Crippen MR) is 145 cm³/mol. The van der Waals surface area contributed by atoms with E-state index in [4.69, 9.17) is 14.5 Å². The van der Waals surface area contributed by atoms with E-state index in [0.717, 1.165) is 29.2 Å². The maximum Gasteiger partial charge on any atom is 0.237 e. The molecule has 2 aliphatic heterocycles. The lowest BCUT2D eigenvalue weighted by Gasteiger charge is -2.42. The lowest BCUT2D eigenvalue weighted by Crippen LogP contribution is -2.57. The van der Waals surface area contributed by atoms with Crippen molar-refractivity contribution in [2.24, 2.45) is 5.92 Å². The minimum Gasteiger partial charge on any atom is -0.497 e. The quantitative estimate of drug-likeness (QED) is 0.443. The third-order valence-electron chi connectivity index (χ3n) is 7.22. The fourth-order valence-electron chi connectivity index (χ4n) is 5.16. The summed E-state index contributed by atoms with van der Waals surface area (Å²) in [5.74, 6) is 1.98. The average Bonchev–Trinajstić information content (AvgIpc) is 3.68. The molecule has 0 saturated carbocycles. The van der Waals surface area contributed by atoms with Crippen molar-refractivity contribution in [3.63, 3.8) is 0 Å². The van der Waals surface area contributed by atoms with E-state index in [2.05, 4.69) is 20.2 Å². The zero-order valence-corrected chi connectivity index (χ0v) is 22.5. The molecule has 3 aromatic rings. The Morgan fingerprint density at radius 2 is 2.10 bits per heavy atom. The average molecular weight is 534 g/mol. The third-order valence-corrected chi connectivity index (χ3v) is 7.22. The summed E-state index contributed by atoms with van der Waals surface area (Å²) in [4.78, 5) is 43.8. The predicted octanol–water partition coefficient (Wildman–Crippen LogP) is 1.78. The molecule has 4 heterocycles. The number of nitrogens with zero attached hydrogens (tertiary/aromatic N) is 6. The van der Waals surface area contributed by atoms with Gasteiger partial charge in [-0.3, -0.25) is 14.2 Å². The molecule has 0 radical (unpaired) electrons. The van der Waals surface area contributed by atoms with Crippen LogP contribution >= 0.6 is 0 Å². The standard InChI is InChI=1S/C28H35N7O4/c1-20-14-25(32-28(31-20)34-10-9-29-19-34)35-12-11-33(27(37)22-7-13-39-18-22)17-23(35)16-26(36)30-8-6-21-4-3-5-24(15-21)38-2/h3-5,9-10,14-15,19,22-23H,6-8,11-13,16-18H2,1-2H3,(H,30,36). The summed E-state index contributed by atoms with van der Waals surface area (Å²) < 4.78 is 12.5. The molecule has 2 unspecified atom stereocenters. The normalized spacial score (nSPS) is 19.2. The Hall–Kier alpha value is -3.99. The Labute approximate surface area is 228 Å². The van der Waals surface area contributed by atoms with E-state index in [0.29, 0.717) is 51.8 Å². The number of imidazole rings is 1. The first-order chi connectivity index (χ1) is 19.0. The van der Waals surface area contributed by atoms with Gasteiger partial charge in [-0.1, -0.05) is 12.1 Å². The Bertz CT molecular complexity index is 1280. The fourth-order valence-corrected chi connectivity index (χ4v) is 5.16. The number of aromatic nitrogens is 4. The zero-order valence-electron chi connectivity index (χ0n) is 22.5. The van der Waals surface area contributed by atoms with E-state index >= 15 is 0 Å². The highest BCUT2D eigenvalue weighted by Gasteiger charge is 2.35. The second kappa shape index (κ2) is 12.2. The number of hydrogen-bond donors (Lipinski definition) is 1. The van der Waals surface area contributed by atoms with Gasteiger partial charge in [-0.15, -0.1) is 0 Å². The summed E-state index contributed by atoms with van der Waals surface area (Å²) in [6.07, 6.45) is 6.82. The lowest BCUT2D eigenvalue weighted by atomic mass is 10.0. The minimum atomic E-state index is -0.230. The Balaban J connectivity index is 1.30. The molecule has 11 heteroatoms. The third kappa shape index (κ3) is 6.54. The van der Waals surface area contributed by atoms with E-state index in [1.165, 1.54) is 0 Å². The number of carbonyl (C=O) groups excluding carboxylic acids is 2. The molecule has 2 atom stereocenters. The van der Waals surface area contributed by atoms with Crippen LogP contribution in [0.3, 0.4) is 0 Å². The van der Waals surface area contributed by atoms with Crippen molar-refractivity contribution in [2.75, 3.05) is 51.4 Å². The Morgan fingerprint density at radius 3 is 2.87 bits per heavy atom. The number of methoxy groups -OCH3 is 1. The van der Waals surface area contributed by atoms with Gasteiger partial charge in [0.15, 0.2) is 0 Å². The maximum atomic E-state index is 13.2. The molecular formula is C28H35N7O4. The molecule has 39 heavy (non-hydrogen) atoms. The summed E-state index contributed by atoms with van der Waals surface area (Å²) in [5.41, 5.74) is 1.90. The van der Waals surface area contributed by atoms with Crippen LogP contribution < -0.4 is 15.0 Å². The van der Waals surface area contributed by atoms with Crippen molar-refractivity contribution < 1.29 is 19.1 Å². The largest absolute Gasteiger partial charge is 0.497 e. The van der Waals surface area contributed by atoms with E-state index in [1.54, 1.807) is 30.4 Å². The smallest absolute Gasteiger partial charge is 0.237 e. The number of carbonyl (C=O) groups is 2. The highest BCUT2D eigenvalue weighted by molar-refractivity contribution is 5.80. The molecule has 2 aliphatic rings. The molecule has 1 N–H and O–H groups in total. The van der Waals surface area contributed by atoms with Crippen molar-refractivity contribution >= 4 is 17.6 Å². The Kier molecular flexibility index (Phi) is 8.36. The number of aryl methyl sites for hydroxylation is 1. The molecule has 2 saturated heterocycles. The topological polar surface area (TPSA) is 115 Å². The van der Waals surface area contributed by atoms with Crippen LogP contribution in [0.15, 0.2) is 49.1 Å². The molecular weight excluding hydrogens is 498 g/mol. The van der Waals surface area contributed by atoms with E-state index in [9.17, 15) is 9.59 Å². The van der Waals surface area contributed by atoms with Crippen LogP contribution in [0, 0.1) is 12.8 Å². The fraction of sp³-hybridized carbons (Fsp3) is 0.464. The molecule has 11 nitrogen and oxygen atoms in total. The monoisotopic (exact) mass is 533 g/mol. The summed E-state index contributed by atoms with van der Waals surface area (Å²) in [5, 5.41) is 3.06. The first-order valence-corrected chi connectivity index (χ1v) is 13.4. The molecule has 0 aliphatic carbocycles. The zero-order chi connectivity index (χ0) is 27.2. The van der Waals surface area contributed by atoms with Crippen molar-refractivity contribution in [1.82, 2.24) is 29.7 Å². The molecule has 1 aromatic carbocycles. The van der Waals surface area contributed by atoms with E-state index in [-0.39, 0.29) is 30.2 Å². The minimum absolute atomic E-state index is 0.0630. The summed E-state index contributed by atoms with van der Waals surface area (Å²) in [6.45, 7) is 5.10. The maximum absolute atomic E-state index is 13.2. The number of amides is 2. The van der Waals surface area contributed by atoms with E-state index in [1.807, 2.05) is 42.2 Å². The molecule has 2 amide bonds. The highest BCUT2D eigenvalue weighted by Crippen LogP contribution is 2.25. The van der Waals surface area contributed by atoms with Gasteiger partial charge in [-0.25, -0.2) is 9.97 Å². The van der Waals surface area contributed by atoms with Crippen LogP contribution in [0.5, 0.6) is 5.75 Å². The van der Waals surface area contributed by atoms with Crippen LogP contribution in [-0.4, -0.2) is 88.8 Å². The van der Waals surface area contributed by atoms with Crippen LogP contribution in [-0.2, 0) is 20.7 Å². The number of ether oxygens (including phenoxy) is 2. The van der Waals surface area contributed by atoms with Crippen LogP contribution in [0.4, 0.5) is 5.82 Å². The number of rotatable bonds is 9. The van der Waals surface area contributed by atoms with Gasteiger partial charge in [0.1, 0.15) is 17.9 Å². The van der Waals surface area contributed by atoms with Crippen molar-refractivity contribution in [3.8, 4) is 11.7 Å². The molecule has 0 spiro atoms. The van der Waals surface area contributed by atoms with Crippen molar-refractivity contribution in [2.45, 2.75) is 32.2 Å². The second-order valence-electron chi connectivity index (χ2n) is 9.99. The van der Waals surface area contributed by atoms with Gasteiger partial charge in [-0.2, -0.15) is 4.98 Å². The van der Waals surface area contributed by atoms with Crippen LogP contribution in [0.2, 0.25) is 0 Å². The van der Waals surface area contributed by atoms with Crippen molar-refractivity contribution in [3.05, 3.63) is 60.3 Å². The number of anilines is 1. The molecule has 2 aromatic heterocycles. The second-order valence-corrected chi connectivity index (χ2v) is 9.99.